The van der Waals surface area contributed by atoms with Gasteiger partial charge in [0.15, 0.2) is 11.7 Å². The Kier molecular flexibility index (Phi) is 2.87. The zero-order chi connectivity index (χ0) is 15.2. The van der Waals surface area contributed by atoms with E-state index >= 15 is 0 Å². The fourth-order valence-electron chi connectivity index (χ4n) is 2.01. The molecule has 0 saturated heterocycles. The lowest BCUT2D eigenvalue weighted by atomic mass is 10.2. The highest BCUT2D eigenvalue weighted by molar-refractivity contribution is 7.91. The average molecular weight is 306 g/mol. The number of hydrogen-bond donors (Lipinski definition) is 3. The fraction of sp³-hybridized carbons (Fsp3) is 0.167. The van der Waals surface area contributed by atoms with Gasteiger partial charge in [0, 0.05) is 25.3 Å². The Bertz CT molecular complexity index is 820. The Morgan fingerprint density at radius 2 is 1.86 bits per heavy atom. The van der Waals surface area contributed by atoms with Gasteiger partial charge in [-0.3, -0.25) is 0 Å². The number of nitrogens with two attached hydrogens (primary N) is 1. The molecule has 0 saturated carbocycles. The topological polar surface area (TPSA) is 116 Å². The van der Waals surface area contributed by atoms with Crippen molar-refractivity contribution in [3.63, 3.8) is 0 Å². The fourth-order valence-corrected chi connectivity index (χ4v) is 2.79. The molecule has 4 N–H and O–H groups in total. The second-order valence-electron chi connectivity index (χ2n) is 4.80. The van der Waals surface area contributed by atoms with E-state index < -0.39 is 10.2 Å². The normalized spacial score (nSPS) is 15.8. The van der Waals surface area contributed by atoms with Crippen LogP contribution in [-0.4, -0.2) is 38.3 Å². The number of benzene rings is 1. The lowest BCUT2D eigenvalue weighted by Gasteiger charge is -2.12. The highest BCUT2D eigenvalue weighted by Gasteiger charge is 2.25. The minimum atomic E-state index is -3.81. The first-order valence-corrected chi connectivity index (χ1v) is 7.56. The second kappa shape index (κ2) is 4.48. The molecule has 0 fully saturated rings. The molecule has 110 valence electrons. The molecule has 1 aliphatic rings. The highest BCUT2D eigenvalue weighted by Crippen LogP contribution is 2.26. The molecule has 0 spiro atoms. The number of rotatable bonds is 2. The Morgan fingerprint density at radius 1 is 1.19 bits per heavy atom. The Balaban J connectivity index is 2.01. The number of amidine groups is 1. The zero-order valence-electron chi connectivity index (χ0n) is 11.5. The molecule has 1 aromatic heterocycles. The van der Waals surface area contributed by atoms with Gasteiger partial charge in [-0.1, -0.05) is 0 Å². The summed E-state index contributed by atoms with van der Waals surface area (Å²) in [6, 6.07) is 7.67. The van der Waals surface area contributed by atoms with Crippen LogP contribution < -0.4 is 15.4 Å². The van der Waals surface area contributed by atoms with Crippen molar-refractivity contribution in [3.05, 3.63) is 30.0 Å². The van der Waals surface area contributed by atoms with Crippen molar-refractivity contribution in [3.8, 4) is 11.4 Å². The first-order chi connectivity index (χ1) is 9.85. The van der Waals surface area contributed by atoms with Gasteiger partial charge in [-0.15, -0.1) is 4.40 Å². The minimum absolute atomic E-state index is 0.104. The largest absolute Gasteiger partial charge is 0.381 e. The van der Waals surface area contributed by atoms with E-state index in [-0.39, 0.29) is 11.7 Å². The monoisotopic (exact) mass is 306 g/mol. The smallest absolute Gasteiger partial charge is 0.345 e. The van der Waals surface area contributed by atoms with Crippen LogP contribution in [0, 0.1) is 0 Å². The lowest BCUT2D eigenvalue weighted by molar-refractivity contribution is 0.602. The molecule has 2 aromatic rings. The van der Waals surface area contributed by atoms with Gasteiger partial charge in [0.05, 0.1) is 0 Å². The number of anilines is 2. The van der Waals surface area contributed by atoms with Crippen molar-refractivity contribution in [2.24, 2.45) is 10.1 Å². The van der Waals surface area contributed by atoms with Crippen molar-refractivity contribution in [2.45, 2.75) is 0 Å². The van der Waals surface area contributed by atoms with Crippen LogP contribution in [0.25, 0.3) is 11.4 Å². The first-order valence-electron chi connectivity index (χ1n) is 6.12. The van der Waals surface area contributed by atoms with Crippen LogP contribution in [0.4, 0.5) is 11.5 Å². The third-order valence-electron chi connectivity index (χ3n) is 3.06. The third kappa shape index (κ3) is 2.42. The van der Waals surface area contributed by atoms with E-state index in [2.05, 4.69) is 19.1 Å². The molecule has 0 bridgehead atoms. The number of nitrogens with zero attached hydrogens (tertiary/aromatic N) is 3. The molecular weight excluding hydrogens is 292 g/mol. The van der Waals surface area contributed by atoms with Gasteiger partial charge >= 0.3 is 10.2 Å². The Morgan fingerprint density at radius 3 is 2.48 bits per heavy atom. The van der Waals surface area contributed by atoms with Gasteiger partial charge in [0.25, 0.3) is 0 Å². The summed E-state index contributed by atoms with van der Waals surface area (Å²) in [5.41, 5.74) is 7.88. The Labute approximate surface area is 121 Å². The van der Waals surface area contributed by atoms with Gasteiger partial charge in [-0.25, -0.2) is 9.71 Å². The van der Waals surface area contributed by atoms with Crippen molar-refractivity contribution in [2.75, 3.05) is 23.7 Å². The van der Waals surface area contributed by atoms with Gasteiger partial charge in [0.2, 0.25) is 0 Å². The van der Waals surface area contributed by atoms with E-state index in [9.17, 15) is 8.42 Å². The summed E-state index contributed by atoms with van der Waals surface area (Å²) in [4.78, 5) is 9.18. The van der Waals surface area contributed by atoms with Crippen LogP contribution in [0.5, 0.6) is 0 Å². The van der Waals surface area contributed by atoms with E-state index in [1.54, 1.807) is 0 Å². The van der Waals surface area contributed by atoms with Crippen molar-refractivity contribution >= 4 is 27.6 Å². The molecule has 0 amide bonds. The summed E-state index contributed by atoms with van der Waals surface area (Å²) in [6.07, 6.45) is 0. The van der Waals surface area contributed by atoms with Crippen LogP contribution in [0.15, 0.2) is 28.7 Å². The van der Waals surface area contributed by atoms with Crippen LogP contribution in [0.1, 0.15) is 5.69 Å². The predicted octanol–water partition coefficient (Wildman–Crippen LogP) is 0.518. The molecule has 0 radical (unpaired) electrons. The van der Waals surface area contributed by atoms with Crippen LogP contribution >= 0.6 is 0 Å². The summed E-state index contributed by atoms with van der Waals surface area (Å²) in [6.45, 7) is 0. The number of fused-ring (bicyclic) bond motifs is 1. The molecule has 1 aliphatic heterocycles. The summed E-state index contributed by atoms with van der Waals surface area (Å²) in [7, 11) is 0.0935. The summed E-state index contributed by atoms with van der Waals surface area (Å²) in [5.74, 6) is 0.578. The molecule has 0 aliphatic carbocycles. The molecule has 2 heterocycles. The van der Waals surface area contributed by atoms with Gasteiger partial charge in [-0.2, -0.15) is 8.42 Å². The van der Waals surface area contributed by atoms with Crippen molar-refractivity contribution in [1.82, 2.24) is 9.97 Å². The molecule has 0 atom stereocenters. The quantitative estimate of drug-likeness (QED) is 0.748. The van der Waals surface area contributed by atoms with E-state index in [1.807, 2.05) is 43.3 Å². The highest BCUT2D eigenvalue weighted by atomic mass is 32.2. The number of aromatic nitrogens is 2. The number of hydrogen-bond acceptors (Lipinski definition) is 5. The van der Waals surface area contributed by atoms with Crippen molar-refractivity contribution in [1.29, 1.82) is 0 Å². The summed E-state index contributed by atoms with van der Waals surface area (Å²) in [5, 5.41) is 0. The van der Waals surface area contributed by atoms with Gasteiger partial charge in [-0.05, 0) is 24.3 Å². The summed E-state index contributed by atoms with van der Waals surface area (Å²) >= 11 is 0. The van der Waals surface area contributed by atoms with E-state index in [1.165, 1.54) is 0 Å². The maximum absolute atomic E-state index is 11.5. The molecular formula is C12H14N6O2S. The number of H-pyrrole nitrogens is 1. The average Bonchev–Trinajstić information content (AvgIpc) is 2.81. The molecule has 1 aromatic carbocycles. The summed E-state index contributed by atoms with van der Waals surface area (Å²) < 4.78 is 28.5. The van der Waals surface area contributed by atoms with Crippen molar-refractivity contribution < 1.29 is 8.42 Å². The van der Waals surface area contributed by atoms with E-state index in [0.717, 1.165) is 11.3 Å². The number of nitrogens with one attached hydrogen (secondary N) is 2. The molecule has 3 rings (SSSR count). The van der Waals surface area contributed by atoms with Gasteiger partial charge < -0.3 is 15.6 Å². The van der Waals surface area contributed by atoms with Gasteiger partial charge in [0.1, 0.15) is 11.5 Å². The van der Waals surface area contributed by atoms with E-state index in [4.69, 9.17) is 5.73 Å². The number of aromatic amines is 1. The number of imidazole rings is 1. The third-order valence-corrected chi connectivity index (χ3v) is 3.95. The lowest BCUT2D eigenvalue weighted by Crippen LogP contribution is -2.26. The molecule has 0 unspecified atom stereocenters. The first kappa shape index (κ1) is 13.4. The predicted molar refractivity (Wildman–Crippen MR) is 81.6 cm³/mol. The Hall–Kier alpha value is -2.55. The zero-order valence-corrected chi connectivity index (χ0v) is 12.3. The molecule has 9 heteroatoms. The standard InChI is InChI=1S/C12H14N6O2S/c1-18(2)8-5-3-7(4-6-8)11-14-9-10(13)16-21(19,20)17-12(9)15-11/h3-6,17H,1-2H3,(H2,13,16)(H,14,15). The van der Waals surface area contributed by atoms with Crippen LogP contribution in [-0.2, 0) is 10.2 Å². The van der Waals surface area contributed by atoms with Crippen LogP contribution in [0.2, 0.25) is 0 Å². The molecule has 21 heavy (non-hydrogen) atoms. The van der Waals surface area contributed by atoms with E-state index in [0.29, 0.717) is 11.5 Å². The maximum atomic E-state index is 11.5. The SMILES string of the molecule is CN(C)c1ccc(-c2nc3c([nH]2)C(N)=NS(=O)(=O)N3)cc1. The second-order valence-corrected chi connectivity index (χ2v) is 6.14. The maximum Gasteiger partial charge on any atom is 0.345 e. The molecule has 8 nitrogen and oxygen atoms in total. The van der Waals surface area contributed by atoms with Crippen LogP contribution in [0.3, 0.4) is 0 Å². The minimum Gasteiger partial charge on any atom is -0.381 e.